The van der Waals surface area contributed by atoms with Gasteiger partial charge in [0.1, 0.15) is 5.56 Å². The number of imide groups is 1. The average Bonchev–Trinajstić information content (AvgIpc) is 3.08. The molecule has 0 unspecified atom stereocenters. The molecule has 0 radical (unpaired) electrons. The van der Waals surface area contributed by atoms with Gasteiger partial charge in [-0.1, -0.05) is 29.8 Å². The van der Waals surface area contributed by atoms with E-state index in [1.807, 2.05) is 13.0 Å². The van der Waals surface area contributed by atoms with Gasteiger partial charge in [-0.05, 0) is 49.7 Å². The number of nitro benzene ring substituents is 1. The minimum Gasteiger partial charge on any atom is -0.454 e. The molecular weight excluding hydrogens is 440 g/mol. The molecule has 9 heteroatoms. The molecule has 0 N–H and O–H groups in total. The van der Waals surface area contributed by atoms with Gasteiger partial charge < -0.3 is 4.74 Å². The van der Waals surface area contributed by atoms with Gasteiger partial charge in [0.05, 0.1) is 21.7 Å². The van der Waals surface area contributed by atoms with Crippen molar-refractivity contribution in [2.45, 2.75) is 13.8 Å². The van der Waals surface area contributed by atoms with Crippen LogP contribution in [0.25, 0.3) is 0 Å². The summed E-state index contributed by atoms with van der Waals surface area (Å²) in [5.74, 6) is -2.77. The number of esters is 1. The number of ether oxygens (including phenoxy) is 1. The van der Waals surface area contributed by atoms with Crippen LogP contribution in [-0.4, -0.2) is 35.1 Å². The number of nitro groups is 1. The quantitative estimate of drug-likeness (QED) is 0.179. The smallest absolute Gasteiger partial charge is 0.338 e. The number of aryl methyl sites for hydroxylation is 2. The Bertz CT molecular complexity index is 1390. The first-order valence-electron chi connectivity index (χ1n) is 10.2. The zero-order chi connectivity index (χ0) is 24.6. The largest absolute Gasteiger partial charge is 0.454 e. The van der Waals surface area contributed by atoms with Gasteiger partial charge in [-0.25, -0.2) is 9.69 Å². The molecule has 1 aliphatic rings. The van der Waals surface area contributed by atoms with Crippen molar-refractivity contribution < 1.29 is 28.8 Å². The number of ketones is 1. The lowest BCUT2D eigenvalue weighted by Gasteiger charge is -2.14. The molecule has 0 aliphatic carbocycles. The monoisotopic (exact) mass is 458 g/mol. The van der Waals surface area contributed by atoms with Crippen LogP contribution in [0.3, 0.4) is 0 Å². The average molecular weight is 458 g/mol. The van der Waals surface area contributed by atoms with Crippen molar-refractivity contribution in [3.63, 3.8) is 0 Å². The summed E-state index contributed by atoms with van der Waals surface area (Å²) in [6.45, 7) is 3.15. The highest BCUT2D eigenvalue weighted by Gasteiger charge is 2.41. The first-order valence-corrected chi connectivity index (χ1v) is 10.2. The molecule has 0 saturated heterocycles. The van der Waals surface area contributed by atoms with E-state index in [0.717, 1.165) is 22.1 Å². The third-order valence-electron chi connectivity index (χ3n) is 5.46. The second kappa shape index (κ2) is 8.70. The van der Waals surface area contributed by atoms with Crippen molar-refractivity contribution in [3.05, 3.63) is 104 Å². The van der Waals surface area contributed by atoms with Crippen molar-refractivity contribution in [1.82, 2.24) is 0 Å². The number of nitrogens with zero attached hydrogens (tertiary/aromatic N) is 2. The van der Waals surface area contributed by atoms with Crippen LogP contribution in [-0.2, 0) is 4.74 Å². The number of benzene rings is 3. The van der Waals surface area contributed by atoms with Gasteiger partial charge in [0, 0.05) is 11.6 Å². The number of anilines is 1. The molecule has 0 saturated carbocycles. The highest BCUT2D eigenvalue weighted by atomic mass is 16.6. The van der Waals surface area contributed by atoms with E-state index in [2.05, 4.69) is 0 Å². The molecule has 0 fully saturated rings. The lowest BCUT2D eigenvalue weighted by atomic mass is 10.0. The summed E-state index contributed by atoms with van der Waals surface area (Å²) in [6, 6.07) is 14.7. The maximum Gasteiger partial charge on any atom is 0.338 e. The van der Waals surface area contributed by atoms with E-state index in [-0.39, 0.29) is 28.2 Å². The zero-order valence-corrected chi connectivity index (χ0v) is 18.2. The lowest BCUT2D eigenvalue weighted by Crippen LogP contribution is -2.29. The fraction of sp³-hybridized carbons (Fsp3) is 0.120. The third kappa shape index (κ3) is 3.95. The molecule has 1 aliphatic heterocycles. The van der Waals surface area contributed by atoms with E-state index < -0.39 is 35.0 Å². The summed E-state index contributed by atoms with van der Waals surface area (Å²) in [5.41, 5.74) is 1.31. The molecular formula is C25H18N2O7. The van der Waals surface area contributed by atoms with E-state index in [1.54, 1.807) is 19.1 Å². The fourth-order valence-corrected chi connectivity index (χ4v) is 3.75. The predicted molar refractivity (Wildman–Crippen MR) is 121 cm³/mol. The van der Waals surface area contributed by atoms with E-state index in [1.165, 1.54) is 36.4 Å². The van der Waals surface area contributed by atoms with Crippen LogP contribution in [0.4, 0.5) is 11.4 Å². The fourth-order valence-electron chi connectivity index (χ4n) is 3.75. The number of hydrogen-bond donors (Lipinski definition) is 0. The maximum absolute atomic E-state index is 12.9. The first kappa shape index (κ1) is 22.5. The van der Waals surface area contributed by atoms with Crippen LogP contribution < -0.4 is 4.90 Å². The Morgan fingerprint density at radius 3 is 2.44 bits per heavy atom. The summed E-state index contributed by atoms with van der Waals surface area (Å²) in [7, 11) is 0. The molecule has 3 aromatic carbocycles. The SMILES string of the molecule is Cc1ccc(C)c(C(=O)COC(=O)c2cccc(N3C(=O)c4cccc([N+](=O)[O-])c4C3=O)c2)c1. The molecule has 4 rings (SSSR count). The third-order valence-corrected chi connectivity index (χ3v) is 5.46. The number of fused-ring (bicyclic) bond motifs is 1. The van der Waals surface area contributed by atoms with Gasteiger partial charge in [-0.2, -0.15) is 0 Å². The second-order valence-electron chi connectivity index (χ2n) is 7.77. The molecule has 34 heavy (non-hydrogen) atoms. The summed E-state index contributed by atoms with van der Waals surface area (Å²) in [6.07, 6.45) is 0. The van der Waals surface area contributed by atoms with Crippen LogP contribution >= 0.6 is 0 Å². The molecule has 2 amide bonds. The van der Waals surface area contributed by atoms with E-state index in [9.17, 15) is 29.3 Å². The number of carbonyl (C=O) groups is 4. The maximum atomic E-state index is 12.9. The Kier molecular flexibility index (Phi) is 5.77. The standard InChI is InChI=1S/C25H18N2O7/c1-14-9-10-15(2)19(11-14)21(28)13-34-25(31)16-5-3-6-17(12-16)26-23(29)18-7-4-8-20(27(32)33)22(18)24(26)30/h3-12H,13H2,1-2H3. The number of hydrogen-bond acceptors (Lipinski definition) is 7. The summed E-state index contributed by atoms with van der Waals surface area (Å²) in [4.78, 5) is 62.1. The number of rotatable bonds is 6. The van der Waals surface area contributed by atoms with Crippen molar-refractivity contribution in [1.29, 1.82) is 0 Å². The summed E-state index contributed by atoms with van der Waals surface area (Å²) < 4.78 is 5.16. The molecule has 0 aromatic heterocycles. The van der Waals surface area contributed by atoms with Crippen LogP contribution in [0.15, 0.2) is 60.7 Å². The van der Waals surface area contributed by atoms with Crippen LogP contribution in [0.2, 0.25) is 0 Å². The second-order valence-corrected chi connectivity index (χ2v) is 7.77. The zero-order valence-electron chi connectivity index (χ0n) is 18.2. The van der Waals surface area contributed by atoms with E-state index in [0.29, 0.717) is 5.56 Å². The van der Waals surface area contributed by atoms with Crippen molar-refractivity contribution in [2.75, 3.05) is 11.5 Å². The van der Waals surface area contributed by atoms with E-state index in [4.69, 9.17) is 4.74 Å². The first-order chi connectivity index (χ1) is 16.2. The van der Waals surface area contributed by atoms with Gasteiger partial charge in [0.2, 0.25) is 5.78 Å². The van der Waals surface area contributed by atoms with Crippen molar-refractivity contribution >= 4 is 34.9 Å². The van der Waals surface area contributed by atoms with Crippen LogP contribution in [0.5, 0.6) is 0 Å². The molecule has 170 valence electrons. The number of Topliss-reactive ketones (excluding diaryl/α,β-unsaturated/α-hetero) is 1. The Labute approximate surface area is 193 Å². The Hall–Kier alpha value is -4.66. The molecule has 0 spiro atoms. The number of carbonyl (C=O) groups excluding carboxylic acids is 4. The predicted octanol–water partition coefficient (Wildman–Crippen LogP) is 4.05. The van der Waals surface area contributed by atoms with Crippen molar-refractivity contribution in [3.8, 4) is 0 Å². The lowest BCUT2D eigenvalue weighted by molar-refractivity contribution is -0.385. The summed E-state index contributed by atoms with van der Waals surface area (Å²) in [5, 5.41) is 11.3. The summed E-state index contributed by atoms with van der Waals surface area (Å²) >= 11 is 0. The van der Waals surface area contributed by atoms with Gasteiger partial charge in [-0.15, -0.1) is 0 Å². The minimum atomic E-state index is -0.858. The highest BCUT2D eigenvalue weighted by Crippen LogP contribution is 2.34. The van der Waals surface area contributed by atoms with Gasteiger partial charge in [-0.3, -0.25) is 24.5 Å². The Morgan fingerprint density at radius 1 is 0.971 bits per heavy atom. The normalized spacial score (nSPS) is 12.5. The van der Waals surface area contributed by atoms with E-state index >= 15 is 0 Å². The molecule has 1 heterocycles. The number of amides is 2. The molecule has 0 bridgehead atoms. The van der Waals surface area contributed by atoms with Crippen LogP contribution in [0.1, 0.15) is 52.6 Å². The molecule has 3 aromatic rings. The topological polar surface area (TPSA) is 124 Å². The van der Waals surface area contributed by atoms with Gasteiger partial charge in [0.15, 0.2) is 6.61 Å². The minimum absolute atomic E-state index is 0.0114. The van der Waals surface area contributed by atoms with Gasteiger partial charge in [0.25, 0.3) is 17.5 Å². The highest BCUT2D eigenvalue weighted by molar-refractivity contribution is 6.35. The molecule has 0 atom stereocenters. The Morgan fingerprint density at radius 2 is 1.71 bits per heavy atom. The van der Waals surface area contributed by atoms with Crippen molar-refractivity contribution in [2.24, 2.45) is 0 Å². The Balaban J connectivity index is 1.55. The van der Waals surface area contributed by atoms with Crippen LogP contribution in [0, 0.1) is 24.0 Å². The molecule has 9 nitrogen and oxygen atoms in total. The van der Waals surface area contributed by atoms with Gasteiger partial charge >= 0.3 is 5.97 Å².